The number of carbonyl (C=O) groups excluding carboxylic acids is 1. The number of hydrogen-bond donors (Lipinski definition) is 3. The number of nitrogens with one attached hydrogen (secondary N) is 1. The van der Waals surface area contributed by atoms with Crippen LogP contribution in [0.5, 0.6) is 0 Å². The van der Waals surface area contributed by atoms with Gasteiger partial charge < -0.3 is 16.8 Å². The molecule has 0 saturated heterocycles. The standard InChI is InChI=1S/C15H23N3O/c1-2-15(7-3-4-8-15)10-18-13-6-5-11(14(17)19)9-12(13)16/h5-6,9,18H,2-4,7-8,10,16H2,1H3,(H2,17,19). The Balaban J connectivity index is 2.05. The molecule has 1 amide bonds. The lowest BCUT2D eigenvalue weighted by atomic mass is 9.83. The highest BCUT2D eigenvalue weighted by molar-refractivity contribution is 5.94. The average Bonchev–Trinajstić information content (AvgIpc) is 2.86. The van der Waals surface area contributed by atoms with Gasteiger partial charge in [0.15, 0.2) is 0 Å². The van der Waals surface area contributed by atoms with Gasteiger partial charge in [0.2, 0.25) is 5.91 Å². The van der Waals surface area contributed by atoms with E-state index in [9.17, 15) is 4.79 Å². The van der Waals surface area contributed by atoms with Crippen molar-refractivity contribution in [3.8, 4) is 0 Å². The van der Waals surface area contributed by atoms with Gasteiger partial charge in [0.05, 0.1) is 11.4 Å². The molecule has 19 heavy (non-hydrogen) atoms. The Labute approximate surface area is 114 Å². The second-order valence-electron chi connectivity index (χ2n) is 5.58. The van der Waals surface area contributed by atoms with Crippen LogP contribution in [0, 0.1) is 5.41 Å². The predicted octanol–water partition coefficient (Wildman–Crippen LogP) is 2.75. The first-order chi connectivity index (χ1) is 9.06. The van der Waals surface area contributed by atoms with Crippen molar-refractivity contribution in [1.29, 1.82) is 0 Å². The summed E-state index contributed by atoms with van der Waals surface area (Å²) in [6, 6.07) is 5.19. The van der Waals surface area contributed by atoms with Crippen molar-refractivity contribution in [2.45, 2.75) is 39.0 Å². The maximum absolute atomic E-state index is 11.1. The quantitative estimate of drug-likeness (QED) is 0.713. The van der Waals surface area contributed by atoms with Crippen LogP contribution < -0.4 is 16.8 Å². The number of carbonyl (C=O) groups is 1. The molecule has 0 atom stereocenters. The number of benzene rings is 1. The van der Waals surface area contributed by atoms with E-state index in [4.69, 9.17) is 11.5 Å². The zero-order valence-corrected chi connectivity index (χ0v) is 11.5. The Bertz CT molecular complexity index is 464. The molecule has 1 aliphatic rings. The molecule has 2 rings (SSSR count). The van der Waals surface area contributed by atoms with Gasteiger partial charge in [-0.25, -0.2) is 0 Å². The van der Waals surface area contributed by atoms with Crippen LogP contribution in [0.1, 0.15) is 49.4 Å². The Morgan fingerprint density at radius 3 is 2.58 bits per heavy atom. The fraction of sp³-hybridized carbons (Fsp3) is 0.533. The molecule has 1 aromatic carbocycles. The first-order valence-corrected chi connectivity index (χ1v) is 6.99. The fourth-order valence-corrected chi connectivity index (χ4v) is 2.94. The monoisotopic (exact) mass is 261 g/mol. The van der Waals surface area contributed by atoms with Crippen molar-refractivity contribution in [3.05, 3.63) is 23.8 Å². The van der Waals surface area contributed by atoms with E-state index in [1.807, 2.05) is 6.07 Å². The Morgan fingerprint density at radius 1 is 1.37 bits per heavy atom. The van der Waals surface area contributed by atoms with E-state index in [1.165, 1.54) is 32.1 Å². The van der Waals surface area contributed by atoms with Crippen LogP contribution >= 0.6 is 0 Å². The highest BCUT2D eigenvalue weighted by Crippen LogP contribution is 2.41. The lowest BCUT2D eigenvalue weighted by molar-refractivity contribution is 0.100. The summed E-state index contributed by atoms with van der Waals surface area (Å²) in [7, 11) is 0. The third-order valence-electron chi connectivity index (χ3n) is 4.40. The molecule has 1 saturated carbocycles. The molecule has 0 bridgehead atoms. The molecular weight excluding hydrogens is 238 g/mol. The van der Waals surface area contributed by atoms with E-state index in [0.717, 1.165) is 12.2 Å². The number of nitrogens with two attached hydrogens (primary N) is 2. The number of amides is 1. The molecule has 0 spiro atoms. The molecule has 104 valence electrons. The molecule has 1 fully saturated rings. The van der Waals surface area contributed by atoms with Gasteiger partial charge in [0.25, 0.3) is 0 Å². The molecule has 0 unspecified atom stereocenters. The largest absolute Gasteiger partial charge is 0.397 e. The maximum Gasteiger partial charge on any atom is 0.248 e. The first kappa shape index (κ1) is 13.7. The maximum atomic E-state index is 11.1. The molecule has 1 aliphatic carbocycles. The highest BCUT2D eigenvalue weighted by atomic mass is 16.1. The summed E-state index contributed by atoms with van der Waals surface area (Å²) in [6.45, 7) is 3.20. The Morgan fingerprint density at radius 2 is 2.05 bits per heavy atom. The van der Waals surface area contributed by atoms with E-state index in [2.05, 4.69) is 12.2 Å². The minimum Gasteiger partial charge on any atom is -0.397 e. The van der Waals surface area contributed by atoms with Crippen LogP contribution in [-0.4, -0.2) is 12.5 Å². The zero-order valence-electron chi connectivity index (χ0n) is 11.5. The fourth-order valence-electron chi connectivity index (χ4n) is 2.94. The first-order valence-electron chi connectivity index (χ1n) is 6.99. The van der Waals surface area contributed by atoms with E-state index < -0.39 is 5.91 Å². The summed E-state index contributed by atoms with van der Waals surface area (Å²) in [5.74, 6) is -0.445. The lowest BCUT2D eigenvalue weighted by Gasteiger charge is -2.28. The van der Waals surface area contributed by atoms with Crippen LogP contribution in [0.4, 0.5) is 11.4 Å². The van der Waals surface area contributed by atoms with Gasteiger partial charge >= 0.3 is 0 Å². The molecule has 0 aromatic heterocycles. The molecule has 4 nitrogen and oxygen atoms in total. The topological polar surface area (TPSA) is 81.1 Å². The predicted molar refractivity (Wildman–Crippen MR) is 79.1 cm³/mol. The zero-order chi connectivity index (χ0) is 13.9. The van der Waals surface area contributed by atoms with Crippen LogP contribution in [0.2, 0.25) is 0 Å². The number of rotatable bonds is 5. The van der Waals surface area contributed by atoms with Gasteiger partial charge in [-0.2, -0.15) is 0 Å². The van der Waals surface area contributed by atoms with Crippen LogP contribution in [0.3, 0.4) is 0 Å². The molecule has 5 N–H and O–H groups in total. The molecule has 0 radical (unpaired) electrons. The van der Waals surface area contributed by atoms with Crippen molar-refractivity contribution in [2.24, 2.45) is 11.1 Å². The third kappa shape index (κ3) is 3.00. The Hall–Kier alpha value is -1.71. The molecule has 4 heteroatoms. The molecular formula is C15H23N3O. The van der Waals surface area contributed by atoms with Gasteiger partial charge in [-0.3, -0.25) is 4.79 Å². The summed E-state index contributed by atoms with van der Waals surface area (Å²) in [6.07, 6.45) is 6.42. The van der Waals surface area contributed by atoms with E-state index in [-0.39, 0.29) is 0 Å². The van der Waals surface area contributed by atoms with Gasteiger partial charge in [-0.05, 0) is 42.9 Å². The number of anilines is 2. The summed E-state index contributed by atoms with van der Waals surface area (Å²) in [5.41, 5.74) is 13.5. The second kappa shape index (κ2) is 5.51. The van der Waals surface area contributed by atoms with Crippen LogP contribution in [0.25, 0.3) is 0 Å². The highest BCUT2D eigenvalue weighted by Gasteiger charge is 2.31. The minimum atomic E-state index is -0.445. The minimum absolute atomic E-state index is 0.412. The van der Waals surface area contributed by atoms with Crippen LogP contribution in [0.15, 0.2) is 18.2 Å². The van der Waals surface area contributed by atoms with Crippen molar-refractivity contribution in [2.75, 3.05) is 17.6 Å². The molecule has 0 aliphatic heterocycles. The van der Waals surface area contributed by atoms with E-state index in [1.54, 1.807) is 12.1 Å². The van der Waals surface area contributed by atoms with Gasteiger partial charge in [-0.15, -0.1) is 0 Å². The summed E-state index contributed by atoms with van der Waals surface area (Å²) >= 11 is 0. The SMILES string of the molecule is CCC1(CNc2ccc(C(N)=O)cc2N)CCCC1. The van der Waals surface area contributed by atoms with Gasteiger partial charge in [0, 0.05) is 12.1 Å². The van der Waals surface area contributed by atoms with Crippen molar-refractivity contribution < 1.29 is 4.79 Å². The summed E-state index contributed by atoms with van der Waals surface area (Å²) in [4.78, 5) is 11.1. The Kier molecular flexibility index (Phi) is 3.98. The normalized spacial score (nSPS) is 17.3. The van der Waals surface area contributed by atoms with E-state index >= 15 is 0 Å². The van der Waals surface area contributed by atoms with E-state index in [0.29, 0.717) is 16.7 Å². The van der Waals surface area contributed by atoms with Crippen LogP contribution in [-0.2, 0) is 0 Å². The van der Waals surface area contributed by atoms with Crippen molar-refractivity contribution >= 4 is 17.3 Å². The van der Waals surface area contributed by atoms with Gasteiger partial charge in [-0.1, -0.05) is 19.8 Å². The van der Waals surface area contributed by atoms with Crippen molar-refractivity contribution in [3.63, 3.8) is 0 Å². The number of nitrogen functional groups attached to an aromatic ring is 1. The average molecular weight is 261 g/mol. The molecule has 0 heterocycles. The number of hydrogen-bond acceptors (Lipinski definition) is 3. The van der Waals surface area contributed by atoms with Gasteiger partial charge in [0.1, 0.15) is 0 Å². The summed E-state index contributed by atoms with van der Waals surface area (Å²) in [5, 5.41) is 3.44. The third-order valence-corrected chi connectivity index (χ3v) is 4.40. The second-order valence-corrected chi connectivity index (χ2v) is 5.58. The number of primary amides is 1. The van der Waals surface area contributed by atoms with Crippen molar-refractivity contribution in [1.82, 2.24) is 0 Å². The summed E-state index contributed by atoms with van der Waals surface area (Å²) < 4.78 is 0. The smallest absolute Gasteiger partial charge is 0.248 e. The molecule has 1 aromatic rings. The lowest BCUT2D eigenvalue weighted by Crippen LogP contribution is -2.26.